The number of ether oxygens (including phenoxy) is 2. The lowest BCUT2D eigenvalue weighted by Crippen LogP contribution is -2.15. The summed E-state index contributed by atoms with van der Waals surface area (Å²) in [6, 6.07) is 16.7. The molecule has 0 N–H and O–H groups in total. The van der Waals surface area contributed by atoms with Gasteiger partial charge in [0.25, 0.3) is 0 Å². The van der Waals surface area contributed by atoms with E-state index in [9.17, 15) is 0 Å². The molecule has 0 unspecified atom stereocenters. The van der Waals surface area contributed by atoms with Crippen LogP contribution < -0.4 is 9.47 Å². The van der Waals surface area contributed by atoms with E-state index >= 15 is 0 Å². The van der Waals surface area contributed by atoms with Crippen LogP contribution in [-0.2, 0) is 0 Å². The average Bonchev–Trinajstić information content (AvgIpc) is 2.52. The van der Waals surface area contributed by atoms with Crippen molar-refractivity contribution in [2.45, 2.75) is 9.79 Å². The van der Waals surface area contributed by atoms with E-state index in [-0.39, 0.29) is 0 Å². The fraction of sp³-hybridized carbons (Fsp3) is 0.250. The van der Waals surface area contributed by atoms with E-state index in [4.69, 9.17) is 9.47 Å². The summed E-state index contributed by atoms with van der Waals surface area (Å²) >= 11 is 3.75. The molecule has 104 valence electrons. The van der Waals surface area contributed by atoms with Gasteiger partial charge in [-0.25, -0.2) is 0 Å². The minimum Gasteiger partial charge on any atom is -0.486 e. The Morgan fingerprint density at radius 1 is 0.750 bits per heavy atom. The second-order valence-corrected chi connectivity index (χ2v) is 6.65. The molecule has 1 aliphatic rings. The molecule has 0 saturated heterocycles. The summed E-state index contributed by atoms with van der Waals surface area (Å²) < 4.78 is 11.1. The van der Waals surface area contributed by atoms with Crippen molar-refractivity contribution < 1.29 is 9.47 Å². The summed E-state index contributed by atoms with van der Waals surface area (Å²) in [6.07, 6.45) is 0. The van der Waals surface area contributed by atoms with Crippen LogP contribution in [0.5, 0.6) is 11.5 Å². The lowest BCUT2D eigenvalue weighted by molar-refractivity contribution is 0.171. The molecule has 0 fully saturated rings. The monoisotopic (exact) mass is 304 g/mol. The first kappa shape index (κ1) is 13.7. The first-order chi connectivity index (χ1) is 9.92. The maximum atomic E-state index is 5.60. The second-order valence-electron chi connectivity index (χ2n) is 4.32. The SMILES string of the molecule is c1ccc(SCCSc2ccc3c(c2)OCCO3)cc1. The first-order valence-electron chi connectivity index (χ1n) is 6.62. The third kappa shape index (κ3) is 3.64. The van der Waals surface area contributed by atoms with Gasteiger partial charge in [0.2, 0.25) is 0 Å². The Hall–Kier alpha value is -1.26. The Morgan fingerprint density at radius 3 is 2.25 bits per heavy atom. The van der Waals surface area contributed by atoms with Crippen molar-refractivity contribution in [2.24, 2.45) is 0 Å². The molecule has 2 aromatic rings. The molecule has 0 spiro atoms. The molecule has 0 radical (unpaired) electrons. The number of hydrogen-bond acceptors (Lipinski definition) is 4. The topological polar surface area (TPSA) is 18.5 Å². The fourth-order valence-electron chi connectivity index (χ4n) is 1.95. The number of rotatable bonds is 5. The predicted octanol–water partition coefficient (Wildman–Crippen LogP) is 4.34. The van der Waals surface area contributed by atoms with Crippen LogP contribution >= 0.6 is 23.5 Å². The van der Waals surface area contributed by atoms with Gasteiger partial charge >= 0.3 is 0 Å². The zero-order chi connectivity index (χ0) is 13.6. The van der Waals surface area contributed by atoms with E-state index in [1.165, 1.54) is 9.79 Å². The van der Waals surface area contributed by atoms with Crippen LogP contribution in [0.2, 0.25) is 0 Å². The van der Waals surface area contributed by atoms with Gasteiger partial charge in [0.1, 0.15) is 13.2 Å². The molecule has 0 aromatic heterocycles. The van der Waals surface area contributed by atoms with E-state index in [0.29, 0.717) is 13.2 Å². The molecule has 0 amide bonds. The van der Waals surface area contributed by atoms with Gasteiger partial charge < -0.3 is 9.47 Å². The lowest BCUT2D eigenvalue weighted by Gasteiger charge is -2.18. The summed E-state index contributed by atoms with van der Waals surface area (Å²) in [6.45, 7) is 1.29. The summed E-state index contributed by atoms with van der Waals surface area (Å²) in [5.74, 6) is 3.92. The highest BCUT2D eigenvalue weighted by Crippen LogP contribution is 2.34. The molecule has 2 aromatic carbocycles. The molecule has 1 heterocycles. The van der Waals surface area contributed by atoms with E-state index < -0.39 is 0 Å². The highest BCUT2D eigenvalue weighted by molar-refractivity contribution is 8.03. The van der Waals surface area contributed by atoms with Gasteiger partial charge in [0.05, 0.1) is 0 Å². The summed E-state index contributed by atoms with van der Waals surface area (Å²) in [5.41, 5.74) is 0. The minimum absolute atomic E-state index is 0.644. The largest absolute Gasteiger partial charge is 0.486 e. The highest BCUT2D eigenvalue weighted by Gasteiger charge is 2.11. The molecular formula is C16H16O2S2. The van der Waals surface area contributed by atoms with E-state index in [1.807, 2.05) is 35.7 Å². The van der Waals surface area contributed by atoms with Crippen LogP contribution in [0.4, 0.5) is 0 Å². The van der Waals surface area contributed by atoms with Gasteiger partial charge in [-0.15, -0.1) is 23.5 Å². The normalized spacial score (nSPS) is 13.2. The van der Waals surface area contributed by atoms with Gasteiger partial charge in [0, 0.05) is 21.3 Å². The standard InChI is InChI=1S/C16H16O2S2/c1-2-4-13(5-3-1)19-10-11-20-14-6-7-15-16(12-14)18-9-8-17-15/h1-7,12H,8-11H2. The number of thioether (sulfide) groups is 2. The Kier molecular flexibility index (Phi) is 4.77. The van der Waals surface area contributed by atoms with Gasteiger partial charge in [-0.05, 0) is 30.3 Å². The fourth-order valence-corrected chi connectivity index (χ4v) is 3.79. The molecule has 0 saturated carbocycles. The van der Waals surface area contributed by atoms with E-state index in [1.54, 1.807) is 0 Å². The average molecular weight is 304 g/mol. The number of benzene rings is 2. The summed E-state index contributed by atoms with van der Waals surface area (Å²) in [4.78, 5) is 2.57. The Bertz CT molecular complexity index is 558. The van der Waals surface area contributed by atoms with Crippen LogP contribution in [0.3, 0.4) is 0 Å². The zero-order valence-corrected chi connectivity index (χ0v) is 12.7. The van der Waals surface area contributed by atoms with Crippen molar-refractivity contribution >= 4 is 23.5 Å². The van der Waals surface area contributed by atoms with Gasteiger partial charge in [-0.2, -0.15) is 0 Å². The molecule has 0 atom stereocenters. The molecular weight excluding hydrogens is 288 g/mol. The summed E-state index contributed by atoms with van der Waals surface area (Å²) in [5, 5.41) is 0. The van der Waals surface area contributed by atoms with Gasteiger partial charge in [-0.1, -0.05) is 18.2 Å². The van der Waals surface area contributed by atoms with E-state index in [2.05, 4.69) is 36.4 Å². The van der Waals surface area contributed by atoms with Gasteiger partial charge in [0.15, 0.2) is 11.5 Å². The maximum absolute atomic E-state index is 5.60. The van der Waals surface area contributed by atoms with Crippen LogP contribution in [0, 0.1) is 0 Å². The zero-order valence-electron chi connectivity index (χ0n) is 11.1. The third-order valence-electron chi connectivity index (χ3n) is 2.88. The Balaban J connectivity index is 1.49. The maximum Gasteiger partial charge on any atom is 0.162 e. The van der Waals surface area contributed by atoms with Crippen molar-refractivity contribution in [3.63, 3.8) is 0 Å². The predicted molar refractivity (Wildman–Crippen MR) is 85.3 cm³/mol. The quantitative estimate of drug-likeness (QED) is 0.604. The van der Waals surface area contributed by atoms with Crippen LogP contribution in [0.15, 0.2) is 58.3 Å². The minimum atomic E-state index is 0.644. The smallest absolute Gasteiger partial charge is 0.162 e. The molecule has 2 nitrogen and oxygen atoms in total. The molecule has 0 aliphatic carbocycles. The number of fused-ring (bicyclic) bond motifs is 1. The van der Waals surface area contributed by atoms with E-state index in [0.717, 1.165) is 23.0 Å². The molecule has 0 bridgehead atoms. The highest BCUT2D eigenvalue weighted by atomic mass is 32.2. The van der Waals surface area contributed by atoms with Crippen molar-refractivity contribution in [1.29, 1.82) is 0 Å². The third-order valence-corrected chi connectivity index (χ3v) is 5.15. The van der Waals surface area contributed by atoms with Crippen LogP contribution in [-0.4, -0.2) is 24.7 Å². The second kappa shape index (κ2) is 6.95. The van der Waals surface area contributed by atoms with Crippen molar-refractivity contribution in [3.8, 4) is 11.5 Å². The molecule has 20 heavy (non-hydrogen) atoms. The molecule has 4 heteroatoms. The van der Waals surface area contributed by atoms with Crippen LogP contribution in [0.1, 0.15) is 0 Å². The number of hydrogen-bond donors (Lipinski definition) is 0. The lowest BCUT2D eigenvalue weighted by atomic mass is 10.3. The van der Waals surface area contributed by atoms with Crippen LogP contribution in [0.25, 0.3) is 0 Å². The molecule has 1 aliphatic heterocycles. The van der Waals surface area contributed by atoms with Gasteiger partial charge in [-0.3, -0.25) is 0 Å². The van der Waals surface area contributed by atoms with Crippen molar-refractivity contribution in [2.75, 3.05) is 24.7 Å². The van der Waals surface area contributed by atoms with Crippen molar-refractivity contribution in [3.05, 3.63) is 48.5 Å². The Labute approximate surface area is 127 Å². The van der Waals surface area contributed by atoms with Crippen molar-refractivity contribution in [1.82, 2.24) is 0 Å². The molecule has 3 rings (SSSR count). The first-order valence-corrected chi connectivity index (χ1v) is 8.59. The summed E-state index contributed by atoms with van der Waals surface area (Å²) in [7, 11) is 0. The Morgan fingerprint density at radius 2 is 1.45 bits per heavy atom.